The Morgan fingerprint density at radius 1 is 1.50 bits per heavy atom. The summed E-state index contributed by atoms with van der Waals surface area (Å²) in [5.41, 5.74) is 7.61. The van der Waals surface area contributed by atoms with E-state index in [1.165, 1.54) is 25.7 Å². The molecule has 0 heterocycles. The molecule has 0 saturated heterocycles. The molecule has 0 fully saturated rings. The maximum absolute atomic E-state index is 6.04. The van der Waals surface area contributed by atoms with E-state index in [-0.39, 0.29) is 0 Å². The average Bonchev–Trinajstić information content (AvgIpc) is 2.20. The fraction of sp³-hybridized carbons (Fsp3) is 0.692. The Morgan fingerprint density at radius 3 is 3.00 bits per heavy atom. The molecular weight excluding hydrogens is 170 g/mol. The van der Waals surface area contributed by atoms with E-state index in [1.54, 1.807) is 5.57 Å². The van der Waals surface area contributed by atoms with E-state index in [0.717, 1.165) is 19.3 Å². The highest BCUT2D eigenvalue weighted by atomic mass is 14.6. The normalized spacial score (nSPS) is 18.0. The van der Waals surface area contributed by atoms with Crippen LogP contribution < -0.4 is 5.73 Å². The smallest absolute Gasteiger partial charge is 0.0103 e. The zero-order valence-corrected chi connectivity index (χ0v) is 9.18. The van der Waals surface area contributed by atoms with E-state index < -0.39 is 0 Å². The van der Waals surface area contributed by atoms with Crippen LogP contribution >= 0.6 is 0 Å². The molecule has 0 saturated carbocycles. The van der Waals surface area contributed by atoms with E-state index in [9.17, 15) is 0 Å². The van der Waals surface area contributed by atoms with E-state index in [4.69, 9.17) is 5.73 Å². The van der Waals surface area contributed by atoms with Crippen molar-refractivity contribution in [2.75, 3.05) is 0 Å². The third kappa shape index (κ3) is 4.48. The van der Waals surface area contributed by atoms with Crippen molar-refractivity contribution in [3.8, 4) is 11.8 Å². The van der Waals surface area contributed by atoms with Crippen molar-refractivity contribution in [3.63, 3.8) is 0 Å². The van der Waals surface area contributed by atoms with E-state index in [0.29, 0.717) is 6.04 Å². The first kappa shape index (κ1) is 11.3. The van der Waals surface area contributed by atoms with Gasteiger partial charge in [-0.2, -0.15) is 0 Å². The molecule has 0 aromatic carbocycles. The number of allylic oxidation sites excluding steroid dienone is 1. The molecule has 0 bridgehead atoms. The van der Waals surface area contributed by atoms with Crippen LogP contribution in [0, 0.1) is 11.8 Å². The van der Waals surface area contributed by atoms with Crippen molar-refractivity contribution in [1.82, 2.24) is 0 Å². The van der Waals surface area contributed by atoms with Gasteiger partial charge in [0.25, 0.3) is 0 Å². The molecule has 1 aliphatic rings. The summed E-state index contributed by atoms with van der Waals surface area (Å²) in [6.45, 7) is 1.88. The van der Waals surface area contributed by atoms with Gasteiger partial charge in [0.05, 0.1) is 0 Å². The molecule has 1 heteroatoms. The van der Waals surface area contributed by atoms with Crippen molar-refractivity contribution < 1.29 is 0 Å². The lowest BCUT2D eigenvalue weighted by Gasteiger charge is -2.16. The first-order valence-electron chi connectivity index (χ1n) is 5.66. The zero-order valence-electron chi connectivity index (χ0n) is 9.18. The molecule has 0 aromatic rings. The predicted octanol–water partition coefficient (Wildman–Crippen LogP) is 3.01. The van der Waals surface area contributed by atoms with Crippen molar-refractivity contribution in [3.05, 3.63) is 11.6 Å². The summed E-state index contributed by atoms with van der Waals surface area (Å²) in [5.74, 6) is 5.97. The van der Waals surface area contributed by atoms with E-state index >= 15 is 0 Å². The third-order valence-corrected chi connectivity index (χ3v) is 2.73. The summed E-state index contributed by atoms with van der Waals surface area (Å²) in [4.78, 5) is 0. The topological polar surface area (TPSA) is 26.0 Å². The average molecular weight is 191 g/mol. The van der Waals surface area contributed by atoms with Gasteiger partial charge >= 0.3 is 0 Å². The van der Waals surface area contributed by atoms with Gasteiger partial charge in [0.2, 0.25) is 0 Å². The molecule has 1 atom stereocenters. The standard InChI is InChI=1S/C13H21N/c1-2-3-5-10-13(14)11-12-8-6-4-7-9-12/h8,13H,4-7,9-11,14H2,1H3. The summed E-state index contributed by atoms with van der Waals surface area (Å²) >= 11 is 0. The van der Waals surface area contributed by atoms with Gasteiger partial charge in [-0.1, -0.05) is 11.6 Å². The molecule has 0 aliphatic heterocycles. The van der Waals surface area contributed by atoms with Gasteiger partial charge < -0.3 is 5.73 Å². The Bertz CT molecular complexity index is 242. The summed E-state index contributed by atoms with van der Waals surface area (Å²) in [5, 5.41) is 0. The van der Waals surface area contributed by atoms with Crippen molar-refractivity contribution >= 4 is 0 Å². The molecule has 0 radical (unpaired) electrons. The lowest BCUT2D eigenvalue weighted by Crippen LogP contribution is -2.20. The van der Waals surface area contributed by atoms with Gasteiger partial charge in [0.1, 0.15) is 0 Å². The van der Waals surface area contributed by atoms with Gasteiger partial charge in [0, 0.05) is 12.5 Å². The van der Waals surface area contributed by atoms with E-state index in [1.807, 2.05) is 6.92 Å². The zero-order chi connectivity index (χ0) is 10.2. The van der Waals surface area contributed by atoms with Gasteiger partial charge in [-0.15, -0.1) is 11.8 Å². The van der Waals surface area contributed by atoms with Crippen LogP contribution in [0.4, 0.5) is 0 Å². The lowest BCUT2D eigenvalue weighted by atomic mass is 9.93. The van der Waals surface area contributed by atoms with Crippen molar-refractivity contribution in [2.24, 2.45) is 5.73 Å². The Labute approximate surface area is 87.8 Å². The summed E-state index contributed by atoms with van der Waals surface area (Å²) in [6.07, 6.45) is 10.7. The molecule has 1 rings (SSSR count). The maximum Gasteiger partial charge on any atom is 0.0103 e. The van der Waals surface area contributed by atoms with Gasteiger partial charge in [-0.25, -0.2) is 0 Å². The molecule has 2 N–H and O–H groups in total. The minimum atomic E-state index is 0.320. The fourth-order valence-electron chi connectivity index (χ4n) is 1.91. The van der Waals surface area contributed by atoms with Crippen LogP contribution in [0.1, 0.15) is 51.9 Å². The van der Waals surface area contributed by atoms with Crippen LogP contribution in [0.2, 0.25) is 0 Å². The molecule has 0 aromatic heterocycles. The number of rotatable bonds is 4. The SMILES string of the molecule is CC#CCCC(N)CC1=CCCCC1. The Morgan fingerprint density at radius 2 is 2.36 bits per heavy atom. The van der Waals surface area contributed by atoms with Gasteiger partial charge in [0.15, 0.2) is 0 Å². The Hall–Kier alpha value is -0.740. The van der Waals surface area contributed by atoms with Crippen LogP contribution in [0.25, 0.3) is 0 Å². The quantitative estimate of drug-likeness (QED) is 0.536. The lowest BCUT2D eigenvalue weighted by molar-refractivity contribution is 0.582. The summed E-state index contributed by atoms with van der Waals surface area (Å²) in [6, 6.07) is 0.320. The highest BCUT2D eigenvalue weighted by Crippen LogP contribution is 2.21. The number of hydrogen-bond acceptors (Lipinski definition) is 1. The first-order chi connectivity index (χ1) is 6.83. The fourth-order valence-corrected chi connectivity index (χ4v) is 1.91. The third-order valence-electron chi connectivity index (χ3n) is 2.73. The van der Waals surface area contributed by atoms with Crippen LogP contribution in [0.15, 0.2) is 11.6 Å². The van der Waals surface area contributed by atoms with E-state index in [2.05, 4.69) is 17.9 Å². The molecule has 0 amide bonds. The second kappa shape index (κ2) is 6.68. The van der Waals surface area contributed by atoms with Crippen LogP contribution in [0.3, 0.4) is 0 Å². The molecule has 1 aliphatic carbocycles. The Balaban J connectivity index is 2.20. The van der Waals surface area contributed by atoms with Gasteiger partial charge in [-0.3, -0.25) is 0 Å². The van der Waals surface area contributed by atoms with Crippen LogP contribution in [-0.4, -0.2) is 6.04 Å². The first-order valence-corrected chi connectivity index (χ1v) is 5.66. The minimum absolute atomic E-state index is 0.320. The van der Waals surface area contributed by atoms with Crippen molar-refractivity contribution in [2.45, 2.75) is 57.9 Å². The molecule has 0 spiro atoms. The second-order valence-corrected chi connectivity index (χ2v) is 4.04. The predicted molar refractivity (Wildman–Crippen MR) is 61.8 cm³/mol. The van der Waals surface area contributed by atoms with Crippen molar-refractivity contribution in [1.29, 1.82) is 0 Å². The second-order valence-electron chi connectivity index (χ2n) is 4.04. The monoisotopic (exact) mass is 191 g/mol. The molecule has 1 nitrogen and oxygen atoms in total. The summed E-state index contributed by atoms with van der Waals surface area (Å²) in [7, 11) is 0. The number of nitrogens with two attached hydrogens (primary N) is 1. The molecule has 1 unspecified atom stereocenters. The number of hydrogen-bond donors (Lipinski definition) is 1. The highest BCUT2D eigenvalue weighted by molar-refractivity contribution is 5.07. The highest BCUT2D eigenvalue weighted by Gasteiger charge is 2.08. The van der Waals surface area contributed by atoms with Crippen LogP contribution in [-0.2, 0) is 0 Å². The van der Waals surface area contributed by atoms with Gasteiger partial charge in [-0.05, 0) is 45.4 Å². The largest absolute Gasteiger partial charge is 0.327 e. The Kier molecular flexibility index (Phi) is 5.40. The minimum Gasteiger partial charge on any atom is -0.327 e. The van der Waals surface area contributed by atoms with Crippen LogP contribution in [0.5, 0.6) is 0 Å². The molecular formula is C13H21N. The molecule has 78 valence electrons. The summed E-state index contributed by atoms with van der Waals surface area (Å²) < 4.78 is 0. The maximum atomic E-state index is 6.04. The molecule has 14 heavy (non-hydrogen) atoms.